The minimum atomic E-state index is -0.207. The second-order valence-corrected chi connectivity index (χ2v) is 6.00. The van der Waals surface area contributed by atoms with Crippen LogP contribution in [-0.4, -0.2) is 20.9 Å². The number of rotatable bonds is 4. The molecule has 3 N–H and O–H groups in total. The molecule has 0 radical (unpaired) electrons. The highest BCUT2D eigenvalue weighted by Gasteiger charge is 2.22. The molecule has 3 rings (SSSR count). The van der Waals surface area contributed by atoms with Crippen LogP contribution in [0.25, 0.3) is 11.0 Å². The van der Waals surface area contributed by atoms with Crippen LogP contribution < -0.4 is 5.32 Å². The number of benzene rings is 1. The number of halogens is 1. The predicted molar refractivity (Wildman–Crippen MR) is 86.9 cm³/mol. The number of hydrogen-bond donors (Lipinski definition) is 3. The molecule has 1 aromatic carbocycles. The highest BCUT2D eigenvalue weighted by Crippen LogP contribution is 2.22. The molecular weight excluding hydrogens is 300 g/mol. The van der Waals surface area contributed by atoms with E-state index in [2.05, 4.69) is 20.3 Å². The molecule has 5 nitrogen and oxygen atoms in total. The minimum absolute atomic E-state index is 0.190. The molecule has 1 atom stereocenters. The number of fused-ring (bicyclic) bond motifs is 1. The first-order chi connectivity index (χ1) is 10.5. The molecule has 0 aliphatic rings. The summed E-state index contributed by atoms with van der Waals surface area (Å²) in [6, 6.07) is 9.20. The first kappa shape index (κ1) is 14.7. The van der Waals surface area contributed by atoms with Crippen molar-refractivity contribution >= 4 is 28.5 Å². The number of nitrogens with one attached hydrogen (secondary N) is 3. The van der Waals surface area contributed by atoms with Gasteiger partial charge in [0.1, 0.15) is 11.5 Å². The Bertz CT molecular complexity index is 772. The van der Waals surface area contributed by atoms with Gasteiger partial charge in [-0.2, -0.15) is 0 Å². The quantitative estimate of drug-likeness (QED) is 0.687. The van der Waals surface area contributed by atoms with Crippen LogP contribution in [0.1, 0.15) is 36.2 Å². The highest BCUT2D eigenvalue weighted by atomic mass is 35.5. The van der Waals surface area contributed by atoms with Gasteiger partial charge in [0.2, 0.25) is 0 Å². The molecule has 0 saturated carbocycles. The van der Waals surface area contributed by atoms with Gasteiger partial charge in [-0.25, -0.2) is 4.98 Å². The van der Waals surface area contributed by atoms with E-state index in [9.17, 15) is 4.79 Å². The van der Waals surface area contributed by atoms with Crippen LogP contribution in [0.4, 0.5) is 0 Å². The number of nitrogens with zero attached hydrogens (tertiary/aromatic N) is 1. The van der Waals surface area contributed by atoms with Gasteiger partial charge in [-0.05, 0) is 24.1 Å². The molecule has 0 bridgehead atoms. The van der Waals surface area contributed by atoms with E-state index in [-0.39, 0.29) is 17.9 Å². The fourth-order valence-corrected chi connectivity index (χ4v) is 2.55. The van der Waals surface area contributed by atoms with Crippen LogP contribution in [0.3, 0.4) is 0 Å². The smallest absolute Gasteiger partial charge is 0.268 e. The van der Waals surface area contributed by atoms with E-state index in [0.29, 0.717) is 10.7 Å². The normalized spacial score (nSPS) is 12.7. The van der Waals surface area contributed by atoms with E-state index in [0.717, 1.165) is 16.9 Å². The first-order valence-electron chi connectivity index (χ1n) is 7.14. The summed E-state index contributed by atoms with van der Waals surface area (Å²) in [6.45, 7) is 4.08. The van der Waals surface area contributed by atoms with Crippen LogP contribution in [0.15, 0.2) is 36.5 Å². The Morgan fingerprint density at radius 2 is 2.09 bits per heavy atom. The Balaban J connectivity index is 1.88. The topological polar surface area (TPSA) is 73.6 Å². The van der Waals surface area contributed by atoms with Gasteiger partial charge in [0.15, 0.2) is 0 Å². The maximum atomic E-state index is 12.3. The molecule has 1 amide bonds. The van der Waals surface area contributed by atoms with Gasteiger partial charge in [-0.15, -0.1) is 0 Å². The van der Waals surface area contributed by atoms with Crippen molar-refractivity contribution in [3.05, 3.63) is 53.1 Å². The summed E-state index contributed by atoms with van der Waals surface area (Å²) in [5, 5.41) is 3.51. The molecular formula is C16H17ClN4O. The zero-order chi connectivity index (χ0) is 15.7. The van der Waals surface area contributed by atoms with E-state index in [1.807, 2.05) is 38.1 Å². The zero-order valence-corrected chi connectivity index (χ0v) is 13.1. The second kappa shape index (κ2) is 5.85. The number of H-pyrrole nitrogens is 2. The van der Waals surface area contributed by atoms with Crippen molar-refractivity contribution in [2.75, 3.05) is 0 Å². The van der Waals surface area contributed by atoms with Crippen molar-refractivity contribution in [3.8, 4) is 0 Å². The first-order valence-corrected chi connectivity index (χ1v) is 7.52. The summed E-state index contributed by atoms with van der Waals surface area (Å²) >= 11 is 5.84. The van der Waals surface area contributed by atoms with Crippen molar-refractivity contribution < 1.29 is 4.79 Å². The van der Waals surface area contributed by atoms with Gasteiger partial charge in [0, 0.05) is 6.20 Å². The van der Waals surface area contributed by atoms with Crippen LogP contribution >= 0.6 is 11.6 Å². The lowest BCUT2D eigenvalue weighted by Crippen LogP contribution is -2.32. The van der Waals surface area contributed by atoms with Gasteiger partial charge < -0.3 is 15.3 Å². The minimum Gasteiger partial charge on any atom is -0.356 e. The van der Waals surface area contributed by atoms with E-state index >= 15 is 0 Å². The van der Waals surface area contributed by atoms with Gasteiger partial charge in [-0.3, -0.25) is 4.79 Å². The monoisotopic (exact) mass is 316 g/mol. The number of aromatic amines is 2. The number of carbonyl (C=O) groups excluding carboxylic acids is 1. The molecule has 0 saturated heterocycles. The number of amides is 1. The van der Waals surface area contributed by atoms with Gasteiger partial charge in [0.05, 0.1) is 22.1 Å². The Hall–Kier alpha value is -2.27. The largest absolute Gasteiger partial charge is 0.356 e. The molecule has 0 aliphatic carbocycles. The zero-order valence-electron chi connectivity index (χ0n) is 12.4. The number of aromatic nitrogens is 3. The van der Waals surface area contributed by atoms with Crippen molar-refractivity contribution in [2.24, 2.45) is 5.92 Å². The highest BCUT2D eigenvalue weighted by molar-refractivity contribution is 6.30. The average Bonchev–Trinajstić information content (AvgIpc) is 3.09. The lowest BCUT2D eigenvalue weighted by Gasteiger charge is -2.19. The molecule has 3 aromatic rings. The van der Waals surface area contributed by atoms with Crippen molar-refractivity contribution in [2.45, 2.75) is 19.9 Å². The third-order valence-corrected chi connectivity index (χ3v) is 3.77. The van der Waals surface area contributed by atoms with Crippen LogP contribution in [0.5, 0.6) is 0 Å². The molecule has 0 fully saturated rings. The SMILES string of the molecule is CC(C)C(NC(=O)c1cc(Cl)c[nH]1)c1nc2ccccc2[nH]1. The Morgan fingerprint density at radius 1 is 1.32 bits per heavy atom. The van der Waals surface area contributed by atoms with Crippen LogP contribution in [0, 0.1) is 5.92 Å². The standard InChI is InChI=1S/C16H17ClN4O/c1-9(2)14(21-16(22)13-7-10(17)8-18-13)15-19-11-5-3-4-6-12(11)20-15/h3-9,14,18H,1-2H3,(H,19,20)(H,21,22). The van der Waals surface area contributed by atoms with Gasteiger partial charge in [-0.1, -0.05) is 37.6 Å². The summed E-state index contributed by atoms with van der Waals surface area (Å²) in [4.78, 5) is 23.0. The maximum absolute atomic E-state index is 12.3. The summed E-state index contributed by atoms with van der Waals surface area (Å²) in [7, 11) is 0. The molecule has 0 aliphatic heterocycles. The third-order valence-electron chi connectivity index (χ3n) is 3.55. The van der Waals surface area contributed by atoms with Crippen molar-refractivity contribution in [1.29, 1.82) is 0 Å². The molecule has 1 unspecified atom stereocenters. The fourth-order valence-electron chi connectivity index (χ4n) is 2.39. The summed E-state index contributed by atoms with van der Waals surface area (Å²) in [5.74, 6) is 0.739. The summed E-state index contributed by atoms with van der Waals surface area (Å²) in [5.41, 5.74) is 2.28. The average molecular weight is 317 g/mol. The third kappa shape index (κ3) is 2.85. The predicted octanol–water partition coefficient (Wildman–Crippen LogP) is 3.67. The lowest BCUT2D eigenvalue weighted by atomic mass is 10.0. The van der Waals surface area contributed by atoms with Gasteiger partial charge in [0.25, 0.3) is 5.91 Å². The molecule has 114 valence electrons. The van der Waals surface area contributed by atoms with E-state index < -0.39 is 0 Å². The molecule has 6 heteroatoms. The van der Waals surface area contributed by atoms with E-state index in [4.69, 9.17) is 11.6 Å². The Labute approximate surface area is 133 Å². The number of hydrogen-bond acceptors (Lipinski definition) is 2. The number of para-hydroxylation sites is 2. The summed E-state index contributed by atoms with van der Waals surface area (Å²) < 4.78 is 0. The Kier molecular flexibility index (Phi) is 3.90. The summed E-state index contributed by atoms with van der Waals surface area (Å²) in [6.07, 6.45) is 1.59. The molecule has 2 aromatic heterocycles. The second-order valence-electron chi connectivity index (χ2n) is 5.57. The molecule has 2 heterocycles. The fraction of sp³-hybridized carbons (Fsp3) is 0.250. The molecule has 22 heavy (non-hydrogen) atoms. The van der Waals surface area contributed by atoms with Crippen molar-refractivity contribution in [3.63, 3.8) is 0 Å². The number of carbonyl (C=O) groups is 1. The molecule has 0 spiro atoms. The Morgan fingerprint density at radius 3 is 2.73 bits per heavy atom. The van der Waals surface area contributed by atoms with E-state index in [1.54, 1.807) is 12.3 Å². The maximum Gasteiger partial charge on any atom is 0.268 e. The van der Waals surface area contributed by atoms with Gasteiger partial charge >= 0.3 is 0 Å². The van der Waals surface area contributed by atoms with Crippen LogP contribution in [0.2, 0.25) is 5.02 Å². The lowest BCUT2D eigenvalue weighted by molar-refractivity contribution is 0.0919. The van der Waals surface area contributed by atoms with E-state index in [1.165, 1.54) is 0 Å². The van der Waals surface area contributed by atoms with Crippen molar-refractivity contribution in [1.82, 2.24) is 20.3 Å². The van der Waals surface area contributed by atoms with Crippen LogP contribution in [-0.2, 0) is 0 Å². The number of imidazole rings is 1.